The highest BCUT2D eigenvalue weighted by Crippen LogP contribution is 2.43. The zero-order valence-electron chi connectivity index (χ0n) is 12.2. The molecule has 1 fully saturated rings. The van der Waals surface area contributed by atoms with Crippen molar-refractivity contribution < 1.29 is 4.79 Å². The highest BCUT2D eigenvalue weighted by molar-refractivity contribution is 5.99. The number of amides is 1. The molecular weight excluding hydrogens is 236 g/mol. The molecule has 104 valence electrons. The number of rotatable bonds is 5. The van der Waals surface area contributed by atoms with E-state index in [2.05, 4.69) is 17.6 Å². The van der Waals surface area contributed by atoms with Crippen LogP contribution in [0.15, 0.2) is 18.2 Å². The van der Waals surface area contributed by atoms with Crippen LogP contribution in [0.25, 0.3) is 0 Å². The number of aryl methyl sites for hydroxylation is 1. The van der Waals surface area contributed by atoms with Crippen molar-refractivity contribution in [3.05, 3.63) is 29.3 Å². The molecule has 19 heavy (non-hydrogen) atoms. The smallest absolute Gasteiger partial charge is 0.253 e. The van der Waals surface area contributed by atoms with Gasteiger partial charge < -0.3 is 10.6 Å². The van der Waals surface area contributed by atoms with Gasteiger partial charge in [-0.2, -0.15) is 0 Å². The minimum Gasteiger partial charge on any atom is -0.387 e. The Hall–Kier alpha value is -1.51. The highest BCUT2D eigenvalue weighted by Gasteiger charge is 2.35. The van der Waals surface area contributed by atoms with Crippen molar-refractivity contribution in [3.8, 4) is 0 Å². The van der Waals surface area contributed by atoms with Gasteiger partial charge in [-0.1, -0.05) is 19.4 Å². The maximum absolute atomic E-state index is 12.3. The molecule has 0 saturated heterocycles. The van der Waals surface area contributed by atoms with Crippen LogP contribution in [0.1, 0.15) is 48.5 Å². The number of hydrogen-bond donors (Lipinski definition) is 2. The molecule has 3 nitrogen and oxygen atoms in total. The summed E-state index contributed by atoms with van der Waals surface area (Å²) in [4.78, 5) is 12.3. The summed E-state index contributed by atoms with van der Waals surface area (Å²) in [5.41, 5.74) is 3.15. The molecule has 1 aliphatic carbocycles. The molecule has 2 rings (SSSR count). The van der Waals surface area contributed by atoms with E-state index in [0.717, 1.165) is 29.8 Å². The van der Waals surface area contributed by atoms with Gasteiger partial charge >= 0.3 is 0 Å². The van der Waals surface area contributed by atoms with Gasteiger partial charge in [0.2, 0.25) is 0 Å². The molecule has 0 unspecified atom stereocenters. The predicted octanol–water partition coefficient (Wildman–Crippen LogP) is 3.35. The minimum atomic E-state index is 0.0316. The Kier molecular flexibility index (Phi) is 4.13. The normalized spacial score (nSPS) is 16.6. The molecule has 2 N–H and O–H groups in total. The maximum atomic E-state index is 12.3. The first-order valence-corrected chi connectivity index (χ1v) is 7.17. The first-order chi connectivity index (χ1) is 9.10. The van der Waals surface area contributed by atoms with Crippen LogP contribution in [0.3, 0.4) is 0 Å². The second-order valence-corrected chi connectivity index (χ2v) is 5.69. The van der Waals surface area contributed by atoms with Crippen molar-refractivity contribution in [2.24, 2.45) is 5.41 Å². The molecule has 0 aromatic heterocycles. The number of hydrogen-bond acceptors (Lipinski definition) is 2. The molecule has 0 radical (unpaired) electrons. The molecule has 1 aromatic rings. The molecule has 0 heterocycles. The largest absolute Gasteiger partial charge is 0.387 e. The summed E-state index contributed by atoms with van der Waals surface area (Å²) in [5.74, 6) is 0.0316. The summed E-state index contributed by atoms with van der Waals surface area (Å²) in [5, 5.41) is 6.20. The topological polar surface area (TPSA) is 41.1 Å². The summed E-state index contributed by atoms with van der Waals surface area (Å²) in [6, 6.07) is 5.89. The summed E-state index contributed by atoms with van der Waals surface area (Å²) >= 11 is 0. The quantitative estimate of drug-likeness (QED) is 0.852. The Morgan fingerprint density at radius 1 is 1.37 bits per heavy atom. The van der Waals surface area contributed by atoms with E-state index < -0.39 is 0 Å². The predicted molar refractivity (Wildman–Crippen MR) is 79.6 cm³/mol. The van der Waals surface area contributed by atoms with Gasteiger partial charge in [0.1, 0.15) is 0 Å². The summed E-state index contributed by atoms with van der Waals surface area (Å²) in [7, 11) is 1.85. The molecule has 0 aliphatic heterocycles. The molecule has 1 aliphatic rings. The summed E-state index contributed by atoms with van der Waals surface area (Å²) in [6.07, 6.45) is 4.95. The average molecular weight is 260 g/mol. The van der Waals surface area contributed by atoms with E-state index in [1.165, 1.54) is 19.3 Å². The lowest BCUT2D eigenvalue weighted by molar-refractivity contribution is 0.0851. The summed E-state index contributed by atoms with van der Waals surface area (Å²) in [6.45, 7) is 5.05. The zero-order valence-corrected chi connectivity index (χ0v) is 12.2. The zero-order chi connectivity index (χ0) is 13.9. The molecule has 1 saturated carbocycles. The molecule has 0 spiro atoms. The van der Waals surface area contributed by atoms with Crippen LogP contribution < -0.4 is 10.6 Å². The van der Waals surface area contributed by atoms with E-state index in [4.69, 9.17) is 0 Å². The number of carbonyl (C=O) groups is 1. The Labute approximate surface area is 115 Å². The van der Waals surface area contributed by atoms with E-state index in [1.807, 2.05) is 32.2 Å². The van der Waals surface area contributed by atoms with Gasteiger partial charge in [0, 0.05) is 19.3 Å². The van der Waals surface area contributed by atoms with Crippen LogP contribution in [-0.4, -0.2) is 19.5 Å². The third kappa shape index (κ3) is 2.91. The third-order valence-corrected chi connectivity index (χ3v) is 4.48. The number of carbonyl (C=O) groups excluding carboxylic acids is 1. The maximum Gasteiger partial charge on any atom is 0.253 e. The van der Waals surface area contributed by atoms with E-state index in [-0.39, 0.29) is 5.91 Å². The monoisotopic (exact) mass is 260 g/mol. The van der Waals surface area contributed by atoms with Gasteiger partial charge in [-0.05, 0) is 49.3 Å². The summed E-state index contributed by atoms with van der Waals surface area (Å²) < 4.78 is 0. The second kappa shape index (κ2) is 5.64. The lowest BCUT2D eigenvalue weighted by atomic mass is 9.67. The molecule has 0 bridgehead atoms. The Morgan fingerprint density at radius 2 is 2.11 bits per heavy atom. The number of nitrogens with one attached hydrogen (secondary N) is 2. The van der Waals surface area contributed by atoms with E-state index >= 15 is 0 Å². The van der Waals surface area contributed by atoms with Crippen LogP contribution in [0.4, 0.5) is 5.69 Å². The third-order valence-electron chi connectivity index (χ3n) is 4.48. The van der Waals surface area contributed by atoms with Crippen molar-refractivity contribution in [2.75, 3.05) is 18.9 Å². The van der Waals surface area contributed by atoms with Crippen molar-refractivity contribution in [2.45, 2.75) is 39.5 Å². The van der Waals surface area contributed by atoms with Gasteiger partial charge in [-0.15, -0.1) is 0 Å². The second-order valence-electron chi connectivity index (χ2n) is 5.69. The Morgan fingerprint density at radius 3 is 2.63 bits per heavy atom. The van der Waals surface area contributed by atoms with Gasteiger partial charge in [-0.3, -0.25) is 4.79 Å². The van der Waals surface area contributed by atoms with Gasteiger partial charge in [0.25, 0.3) is 5.91 Å². The van der Waals surface area contributed by atoms with Gasteiger partial charge in [0.15, 0.2) is 0 Å². The highest BCUT2D eigenvalue weighted by atomic mass is 16.1. The fourth-order valence-electron chi connectivity index (χ4n) is 2.76. The van der Waals surface area contributed by atoms with E-state index in [1.54, 1.807) is 0 Å². The van der Waals surface area contributed by atoms with Crippen LogP contribution in [0.5, 0.6) is 0 Å². The number of benzene rings is 1. The standard InChI is InChI=1S/C16H24N2O/c1-4-16(8-5-9-16)11-18-15(19)13-7-6-12(2)10-14(13)17-3/h6-7,10,17H,4-5,8-9,11H2,1-3H3,(H,18,19). The molecule has 1 amide bonds. The van der Waals surface area contributed by atoms with Crippen molar-refractivity contribution in [1.29, 1.82) is 0 Å². The molecule has 0 atom stereocenters. The molecule has 3 heteroatoms. The lowest BCUT2D eigenvalue weighted by Crippen LogP contribution is -2.41. The fourth-order valence-corrected chi connectivity index (χ4v) is 2.76. The van der Waals surface area contributed by atoms with Crippen LogP contribution in [-0.2, 0) is 0 Å². The first kappa shape index (κ1) is 13.9. The van der Waals surface area contributed by atoms with Crippen LogP contribution in [0, 0.1) is 12.3 Å². The van der Waals surface area contributed by atoms with Crippen molar-refractivity contribution in [1.82, 2.24) is 5.32 Å². The Bertz CT molecular complexity index is 458. The van der Waals surface area contributed by atoms with Crippen molar-refractivity contribution in [3.63, 3.8) is 0 Å². The SMILES string of the molecule is CCC1(CNC(=O)c2ccc(C)cc2NC)CCC1. The first-order valence-electron chi connectivity index (χ1n) is 7.17. The van der Waals surface area contributed by atoms with Crippen LogP contribution >= 0.6 is 0 Å². The Balaban J connectivity index is 2.03. The number of anilines is 1. The average Bonchev–Trinajstić information content (AvgIpc) is 2.37. The van der Waals surface area contributed by atoms with Gasteiger partial charge in [0.05, 0.1) is 5.56 Å². The molecular formula is C16H24N2O. The molecule has 1 aromatic carbocycles. The van der Waals surface area contributed by atoms with Gasteiger partial charge in [-0.25, -0.2) is 0 Å². The van der Waals surface area contributed by atoms with Crippen molar-refractivity contribution >= 4 is 11.6 Å². The minimum absolute atomic E-state index is 0.0316. The lowest BCUT2D eigenvalue weighted by Gasteiger charge is -2.41. The van der Waals surface area contributed by atoms with Crippen LogP contribution in [0.2, 0.25) is 0 Å². The van der Waals surface area contributed by atoms with E-state index in [9.17, 15) is 4.79 Å². The van der Waals surface area contributed by atoms with E-state index in [0.29, 0.717) is 5.41 Å². The fraction of sp³-hybridized carbons (Fsp3) is 0.562.